The van der Waals surface area contributed by atoms with Crippen molar-refractivity contribution in [3.05, 3.63) is 64.1 Å². The molecule has 9 heteroatoms. The van der Waals surface area contributed by atoms with Gasteiger partial charge in [0.05, 0.1) is 10.6 Å². The molecular weight excluding hydrogens is 450 g/mol. The second-order valence-corrected chi connectivity index (χ2v) is 11.2. The van der Waals surface area contributed by atoms with Gasteiger partial charge in [-0.1, -0.05) is 31.7 Å². The molecule has 2 aliphatic rings. The summed E-state index contributed by atoms with van der Waals surface area (Å²) in [5.41, 5.74) is 3.05. The Morgan fingerprint density at radius 1 is 0.912 bits per heavy atom. The van der Waals surface area contributed by atoms with E-state index in [1.165, 1.54) is 40.6 Å². The van der Waals surface area contributed by atoms with Crippen LogP contribution in [0.5, 0.6) is 0 Å². The molecule has 34 heavy (non-hydrogen) atoms. The van der Waals surface area contributed by atoms with E-state index < -0.39 is 10.0 Å². The molecule has 0 unspecified atom stereocenters. The fourth-order valence-electron chi connectivity index (χ4n) is 5.17. The molecular formula is C25H31N5O3S. The van der Waals surface area contributed by atoms with Crippen LogP contribution >= 0.6 is 0 Å². The Labute approximate surface area is 200 Å². The van der Waals surface area contributed by atoms with Crippen LogP contribution in [0.25, 0.3) is 5.69 Å². The highest BCUT2D eigenvalue weighted by molar-refractivity contribution is 7.92. The topological polar surface area (TPSA) is 98.9 Å². The standard InChI is InChI=1S/C25H31N5O3S/c31-25-29(17-5-8-19-6-1-2-7-19)27-28-30(25)23-14-12-22(13-15-23)26-34(32,33)24-16-11-20-9-3-4-10-21(20)18-24/h11-16,18-19,26H,1-10,17H2. The summed E-state index contributed by atoms with van der Waals surface area (Å²) in [5.74, 6) is 0.781. The van der Waals surface area contributed by atoms with E-state index >= 15 is 0 Å². The monoisotopic (exact) mass is 481 g/mol. The zero-order valence-electron chi connectivity index (χ0n) is 19.3. The summed E-state index contributed by atoms with van der Waals surface area (Å²) in [5, 5.41) is 8.03. The van der Waals surface area contributed by atoms with Gasteiger partial charge in [-0.05, 0) is 102 Å². The molecule has 180 valence electrons. The number of aromatic nitrogens is 4. The fourth-order valence-corrected chi connectivity index (χ4v) is 6.28. The third-order valence-electron chi connectivity index (χ3n) is 7.09. The van der Waals surface area contributed by atoms with Crippen molar-refractivity contribution in [2.24, 2.45) is 5.92 Å². The van der Waals surface area contributed by atoms with E-state index in [9.17, 15) is 13.2 Å². The molecule has 5 rings (SSSR count). The van der Waals surface area contributed by atoms with E-state index in [0.29, 0.717) is 17.9 Å². The van der Waals surface area contributed by atoms with Gasteiger partial charge in [-0.15, -0.1) is 0 Å². The Balaban J connectivity index is 1.25. The summed E-state index contributed by atoms with van der Waals surface area (Å²) in [7, 11) is -3.70. The van der Waals surface area contributed by atoms with Crippen molar-refractivity contribution >= 4 is 15.7 Å². The molecule has 0 bridgehead atoms. The lowest BCUT2D eigenvalue weighted by Gasteiger charge is -2.17. The van der Waals surface area contributed by atoms with Crippen LogP contribution in [0.15, 0.2) is 52.2 Å². The van der Waals surface area contributed by atoms with Crippen molar-refractivity contribution in [3.8, 4) is 5.69 Å². The van der Waals surface area contributed by atoms with Crippen LogP contribution < -0.4 is 10.4 Å². The number of rotatable bonds is 8. The smallest absolute Gasteiger partial charge is 0.280 e. The molecule has 0 aliphatic heterocycles. The lowest BCUT2D eigenvalue weighted by atomic mass is 9.92. The minimum Gasteiger partial charge on any atom is -0.280 e. The van der Waals surface area contributed by atoms with Crippen LogP contribution in [0, 0.1) is 5.92 Å². The molecule has 2 aromatic carbocycles. The van der Waals surface area contributed by atoms with Gasteiger partial charge in [0.25, 0.3) is 10.0 Å². The van der Waals surface area contributed by atoms with Gasteiger partial charge in [0.1, 0.15) is 0 Å². The third-order valence-corrected chi connectivity index (χ3v) is 8.47. The molecule has 0 saturated heterocycles. The Kier molecular flexibility index (Phi) is 6.54. The zero-order valence-corrected chi connectivity index (χ0v) is 20.1. The second-order valence-electron chi connectivity index (χ2n) is 9.48. The first-order valence-electron chi connectivity index (χ1n) is 12.3. The van der Waals surface area contributed by atoms with E-state index in [1.807, 2.05) is 6.07 Å². The maximum atomic E-state index is 12.9. The van der Waals surface area contributed by atoms with Crippen molar-refractivity contribution < 1.29 is 8.42 Å². The fraction of sp³-hybridized carbons (Fsp3) is 0.480. The Morgan fingerprint density at radius 3 is 2.41 bits per heavy atom. The number of fused-ring (bicyclic) bond motifs is 1. The van der Waals surface area contributed by atoms with E-state index in [4.69, 9.17) is 0 Å². The Bertz CT molecular complexity index is 1310. The maximum absolute atomic E-state index is 12.9. The number of hydrogen-bond acceptors (Lipinski definition) is 5. The van der Waals surface area contributed by atoms with Gasteiger partial charge in [-0.25, -0.2) is 13.2 Å². The van der Waals surface area contributed by atoms with Crippen molar-refractivity contribution in [2.75, 3.05) is 4.72 Å². The summed E-state index contributed by atoms with van der Waals surface area (Å²) < 4.78 is 31.1. The number of benzene rings is 2. The molecule has 1 aromatic heterocycles. The lowest BCUT2D eigenvalue weighted by Crippen LogP contribution is -2.24. The molecule has 1 heterocycles. The molecule has 8 nitrogen and oxygen atoms in total. The first-order valence-corrected chi connectivity index (χ1v) is 13.8. The molecule has 3 aromatic rings. The van der Waals surface area contributed by atoms with Crippen molar-refractivity contribution in [1.29, 1.82) is 0 Å². The van der Waals surface area contributed by atoms with Gasteiger partial charge in [-0.3, -0.25) is 4.72 Å². The highest BCUT2D eigenvalue weighted by Gasteiger charge is 2.19. The number of anilines is 1. The number of nitrogens with one attached hydrogen (secondary N) is 1. The Morgan fingerprint density at radius 2 is 1.65 bits per heavy atom. The van der Waals surface area contributed by atoms with Crippen LogP contribution in [0.2, 0.25) is 0 Å². The first-order chi connectivity index (χ1) is 16.5. The predicted molar refractivity (Wildman–Crippen MR) is 131 cm³/mol. The average Bonchev–Trinajstić information content (AvgIpc) is 3.49. The lowest BCUT2D eigenvalue weighted by molar-refractivity contribution is 0.438. The van der Waals surface area contributed by atoms with E-state index in [0.717, 1.165) is 50.0 Å². The quantitative estimate of drug-likeness (QED) is 0.523. The number of nitrogens with zero attached hydrogens (tertiary/aromatic N) is 4. The summed E-state index contributed by atoms with van der Waals surface area (Å²) >= 11 is 0. The number of tetrazole rings is 1. The molecule has 1 N–H and O–H groups in total. The van der Waals surface area contributed by atoms with E-state index in [-0.39, 0.29) is 10.6 Å². The highest BCUT2D eigenvalue weighted by atomic mass is 32.2. The molecule has 0 amide bonds. The van der Waals surface area contributed by atoms with Gasteiger partial charge in [-0.2, -0.15) is 9.36 Å². The van der Waals surface area contributed by atoms with E-state index in [1.54, 1.807) is 36.4 Å². The van der Waals surface area contributed by atoms with Gasteiger partial charge >= 0.3 is 5.69 Å². The molecule has 2 aliphatic carbocycles. The number of hydrogen-bond donors (Lipinski definition) is 1. The van der Waals surface area contributed by atoms with Crippen molar-refractivity contribution in [2.45, 2.75) is 75.6 Å². The van der Waals surface area contributed by atoms with Gasteiger partial charge in [0.15, 0.2) is 0 Å². The SMILES string of the molecule is O=c1n(CCCC2CCCC2)nnn1-c1ccc(NS(=O)(=O)c2ccc3c(c2)CCCC3)cc1. The zero-order chi connectivity index (χ0) is 23.5. The van der Waals surface area contributed by atoms with Crippen LogP contribution in [0.1, 0.15) is 62.5 Å². The maximum Gasteiger partial charge on any atom is 0.368 e. The molecule has 0 atom stereocenters. The minimum absolute atomic E-state index is 0.272. The highest BCUT2D eigenvalue weighted by Crippen LogP contribution is 2.28. The van der Waals surface area contributed by atoms with Crippen molar-refractivity contribution in [1.82, 2.24) is 19.8 Å². The van der Waals surface area contributed by atoms with Crippen LogP contribution in [0.3, 0.4) is 0 Å². The van der Waals surface area contributed by atoms with Crippen LogP contribution in [-0.2, 0) is 29.4 Å². The third kappa shape index (κ3) is 4.94. The number of sulfonamides is 1. The average molecular weight is 482 g/mol. The Hall–Kier alpha value is -2.94. The largest absolute Gasteiger partial charge is 0.368 e. The molecule has 1 fully saturated rings. The molecule has 1 saturated carbocycles. The summed E-state index contributed by atoms with van der Waals surface area (Å²) in [6.45, 7) is 0.563. The second kappa shape index (κ2) is 9.74. The molecule has 0 spiro atoms. The van der Waals surface area contributed by atoms with E-state index in [2.05, 4.69) is 15.1 Å². The molecule has 0 radical (unpaired) electrons. The van der Waals surface area contributed by atoms with Gasteiger partial charge in [0.2, 0.25) is 0 Å². The summed E-state index contributed by atoms with van der Waals surface area (Å²) in [4.78, 5) is 13.0. The van der Waals surface area contributed by atoms with Crippen molar-refractivity contribution in [3.63, 3.8) is 0 Å². The minimum atomic E-state index is -3.70. The van der Waals surface area contributed by atoms with Crippen LogP contribution in [-0.4, -0.2) is 28.2 Å². The summed E-state index contributed by atoms with van der Waals surface area (Å²) in [6, 6.07) is 12.0. The number of aryl methyl sites for hydroxylation is 3. The summed E-state index contributed by atoms with van der Waals surface area (Å²) in [6.07, 6.45) is 11.5. The predicted octanol–water partition coefficient (Wildman–Crippen LogP) is 4.08. The van der Waals surface area contributed by atoms with Gasteiger partial charge < -0.3 is 0 Å². The normalized spacial score (nSPS) is 16.5. The van der Waals surface area contributed by atoms with Gasteiger partial charge in [0, 0.05) is 12.2 Å². The van der Waals surface area contributed by atoms with Crippen LogP contribution in [0.4, 0.5) is 5.69 Å². The first kappa shape index (κ1) is 22.8.